The van der Waals surface area contributed by atoms with Crippen molar-refractivity contribution in [2.45, 2.75) is 4.90 Å². The first-order chi connectivity index (χ1) is 16.4. The fraction of sp³-hybridized carbons (Fsp3) is 0. The summed E-state index contributed by atoms with van der Waals surface area (Å²) in [6.45, 7) is 0. The molecule has 0 aromatic heterocycles. The molecule has 0 saturated carbocycles. The summed E-state index contributed by atoms with van der Waals surface area (Å²) < 4.78 is 33.0. The molecule has 0 radical (unpaired) electrons. The van der Waals surface area contributed by atoms with E-state index >= 15 is 0 Å². The Labute approximate surface area is 228 Å². The standard InChI is InChI=1S/C19H10Cl5N3O6S2/c20-12-3-1-9(5-13(12)21)25-33-19(34)26-35(30,31)11-7-15(23)18(16(24)8-11)32-17-4-2-10(27(28)29)6-14(17)22/h1-8,25H,(H,26,34). The van der Waals surface area contributed by atoms with Crippen LogP contribution in [-0.2, 0) is 14.9 Å². The van der Waals surface area contributed by atoms with Gasteiger partial charge in [-0.15, -0.1) is 0 Å². The number of benzene rings is 3. The highest BCUT2D eigenvalue weighted by Crippen LogP contribution is 2.41. The van der Waals surface area contributed by atoms with Crippen LogP contribution >= 0.6 is 70.2 Å². The molecule has 16 heteroatoms. The zero-order chi connectivity index (χ0) is 25.9. The van der Waals surface area contributed by atoms with Gasteiger partial charge in [-0.2, -0.15) is 0 Å². The summed E-state index contributed by atoms with van der Waals surface area (Å²) in [5.74, 6) is -0.110. The van der Waals surface area contributed by atoms with Gasteiger partial charge in [0.2, 0.25) is 0 Å². The van der Waals surface area contributed by atoms with Crippen LogP contribution in [0.4, 0.5) is 11.4 Å². The number of anilines is 1. The van der Waals surface area contributed by atoms with Crippen molar-refractivity contribution in [1.82, 2.24) is 4.72 Å². The van der Waals surface area contributed by atoms with Crippen LogP contribution < -0.4 is 14.9 Å². The Balaban J connectivity index is 1.74. The van der Waals surface area contributed by atoms with Gasteiger partial charge in [0.1, 0.15) is 5.75 Å². The monoisotopic (exact) mass is 615 g/mol. The fourth-order valence-corrected chi connectivity index (χ4v) is 4.94. The number of nitrogens with zero attached hydrogens (tertiary/aromatic N) is 1. The Morgan fingerprint density at radius 2 is 1.54 bits per heavy atom. The van der Waals surface area contributed by atoms with Gasteiger partial charge >= 0.3 is 0 Å². The molecular formula is C19H10Cl5N3O6S2. The maximum Gasteiger partial charge on any atom is 0.300 e. The van der Waals surface area contributed by atoms with Gasteiger partial charge in [-0.1, -0.05) is 58.0 Å². The Bertz CT molecular complexity index is 1420. The third kappa shape index (κ3) is 6.91. The van der Waals surface area contributed by atoms with Crippen LogP contribution in [0.15, 0.2) is 53.4 Å². The first-order valence-electron chi connectivity index (χ1n) is 8.93. The van der Waals surface area contributed by atoms with Crippen molar-refractivity contribution >= 4 is 96.8 Å². The van der Waals surface area contributed by atoms with Crippen molar-refractivity contribution in [2.75, 3.05) is 5.48 Å². The fourth-order valence-electron chi connectivity index (χ4n) is 2.44. The molecule has 2 N–H and O–H groups in total. The van der Waals surface area contributed by atoms with Gasteiger partial charge in [0, 0.05) is 12.1 Å². The van der Waals surface area contributed by atoms with Crippen molar-refractivity contribution in [3.8, 4) is 11.5 Å². The average molecular weight is 618 g/mol. The smallest absolute Gasteiger partial charge is 0.300 e. The highest BCUT2D eigenvalue weighted by atomic mass is 35.5. The highest BCUT2D eigenvalue weighted by Gasteiger charge is 2.22. The average Bonchev–Trinajstić information content (AvgIpc) is 2.77. The topological polar surface area (TPSA) is 120 Å². The second-order valence-electron chi connectivity index (χ2n) is 6.42. The molecule has 3 aromatic rings. The summed E-state index contributed by atoms with van der Waals surface area (Å²) in [5.41, 5.74) is 2.53. The van der Waals surface area contributed by atoms with Crippen LogP contribution in [0.3, 0.4) is 0 Å². The number of ether oxygens (including phenoxy) is 1. The predicted molar refractivity (Wildman–Crippen MR) is 139 cm³/mol. The number of nitro groups is 1. The van der Waals surface area contributed by atoms with Crippen molar-refractivity contribution in [2.24, 2.45) is 0 Å². The van der Waals surface area contributed by atoms with E-state index in [1.807, 2.05) is 4.72 Å². The largest absolute Gasteiger partial charge is 0.453 e. The molecule has 0 saturated heterocycles. The first-order valence-corrected chi connectivity index (χ1v) is 12.7. The molecule has 9 nitrogen and oxygen atoms in total. The van der Waals surface area contributed by atoms with Crippen molar-refractivity contribution in [3.63, 3.8) is 0 Å². The maximum atomic E-state index is 12.7. The maximum absolute atomic E-state index is 12.7. The third-order valence-electron chi connectivity index (χ3n) is 4.02. The van der Waals surface area contributed by atoms with Crippen LogP contribution in [0, 0.1) is 10.1 Å². The van der Waals surface area contributed by atoms with Gasteiger partial charge < -0.3 is 9.57 Å². The molecule has 35 heavy (non-hydrogen) atoms. The number of nitro benzene ring substituents is 1. The van der Waals surface area contributed by atoms with Crippen LogP contribution in [0.5, 0.6) is 11.5 Å². The number of hydrogen-bond acceptors (Lipinski definition) is 8. The number of rotatable bonds is 7. The zero-order valence-electron chi connectivity index (χ0n) is 16.7. The van der Waals surface area contributed by atoms with Crippen LogP contribution in [0.1, 0.15) is 0 Å². The summed E-state index contributed by atoms with van der Waals surface area (Å²) >= 11 is 35.0. The molecule has 0 bridgehead atoms. The lowest BCUT2D eigenvalue weighted by Gasteiger charge is -2.14. The molecule has 3 rings (SSSR count). The lowest BCUT2D eigenvalue weighted by atomic mass is 10.3. The number of nitrogens with one attached hydrogen (secondary N) is 2. The molecule has 0 amide bonds. The highest BCUT2D eigenvalue weighted by molar-refractivity contribution is 7.91. The predicted octanol–water partition coefficient (Wildman–Crippen LogP) is 7.26. The molecule has 0 fully saturated rings. The van der Waals surface area contributed by atoms with Crippen LogP contribution in [-0.4, -0.2) is 18.5 Å². The normalized spacial score (nSPS) is 11.0. The molecule has 3 aromatic carbocycles. The summed E-state index contributed by atoms with van der Waals surface area (Å²) in [4.78, 5) is 14.9. The Hall–Kier alpha value is -2.25. The second kappa shape index (κ2) is 11.2. The number of non-ortho nitro benzene ring substituents is 1. The van der Waals surface area contributed by atoms with Crippen molar-refractivity contribution in [1.29, 1.82) is 0 Å². The molecular weight excluding hydrogens is 608 g/mol. The number of hydrogen-bond donors (Lipinski definition) is 2. The van der Waals surface area contributed by atoms with E-state index in [1.54, 1.807) is 0 Å². The SMILES string of the molecule is O=[N+]([O-])c1ccc(Oc2c(Cl)cc(S(=O)(=O)NC(=S)ONc3ccc(Cl)c(Cl)c3)cc2Cl)c(Cl)c1. The van der Waals surface area contributed by atoms with Gasteiger partial charge in [-0.25, -0.2) is 18.6 Å². The van der Waals surface area contributed by atoms with E-state index in [1.165, 1.54) is 30.3 Å². The van der Waals surface area contributed by atoms with E-state index in [2.05, 4.69) is 5.48 Å². The molecule has 0 spiro atoms. The van der Waals surface area contributed by atoms with Crippen molar-refractivity contribution in [3.05, 3.63) is 83.8 Å². The summed E-state index contributed by atoms with van der Waals surface area (Å²) in [5, 5.41) is 10.4. The first kappa shape index (κ1) is 27.3. The van der Waals surface area contributed by atoms with Gasteiger partial charge in [0.15, 0.2) is 5.75 Å². The molecule has 0 aliphatic rings. The second-order valence-corrected chi connectivity index (χ2v) is 10.5. The summed E-state index contributed by atoms with van der Waals surface area (Å²) in [6.07, 6.45) is 0. The number of halogens is 5. The van der Waals surface area contributed by atoms with E-state index in [0.29, 0.717) is 10.7 Å². The third-order valence-corrected chi connectivity index (χ3v) is 7.24. The number of sulfonamides is 1. The minimum Gasteiger partial charge on any atom is -0.453 e. The molecule has 184 valence electrons. The molecule has 0 aliphatic heterocycles. The van der Waals surface area contributed by atoms with Gasteiger partial charge in [-0.3, -0.25) is 10.1 Å². The molecule has 0 heterocycles. The quantitative estimate of drug-likeness (QED) is 0.162. The van der Waals surface area contributed by atoms with E-state index in [9.17, 15) is 18.5 Å². The van der Waals surface area contributed by atoms with Crippen molar-refractivity contribution < 1.29 is 22.9 Å². The van der Waals surface area contributed by atoms with E-state index in [-0.39, 0.29) is 42.2 Å². The Kier molecular flexibility index (Phi) is 8.76. The van der Waals surface area contributed by atoms with Gasteiger partial charge in [0.25, 0.3) is 20.9 Å². The Morgan fingerprint density at radius 1 is 0.886 bits per heavy atom. The van der Waals surface area contributed by atoms with Gasteiger partial charge in [0.05, 0.1) is 40.6 Å². The zero-order valence-corrected chi connectivity index (χ0v) is 22.1. The van der Waals surface area contributed by atoms with Crippen LogP contribution in [0.25, 0.3) is 0 Å². The van der Waals surface area contributed by atoms with E-state index in [0.717, 1.165) is 18.2 Å². The Morgan fingerprint density at radius 3 is 2.11 bits per heavy atom. The molecule has 0 unspecified atom stereocenters. The summed E-state index contributed by atoms with van der Waals surface area (Å²) in [7, 11) is -4.27. The summed E-state index contributed by atoms with van der Waals surface area (Å²) in [6, 6.07) is 10.1. The van der Waals surface area contributed by atoms with Crippen LogP contribution in [0.2, 0.25) is 25.1 Å². The number of thiocarbonyl (C=S) groups is 1. The molecule has 0 aliphatic carbocycles. The minimum atomic E-state index is -4.27. The lowest BCUT2D eigenvalue weighted by Crippen LogP contribution is -2.32. The minimum absolute atomic E-state index is 0.0118. The van der Waals surface area contributed by atoms with E-state index in [4.69, 9.17) is 79.8 Å². The van der Waals surface area contributed by atoms with E-state index < -0.39 is 20.1 Å². The van der Waals surface area contributed by atoms with Gasteiger partial charge in [-0.05, 0) is 48.6 Å². The lowest BCUT2D eigenvalue weighted by molar-refractivity contribution is -0.384. The molecule has 0 atom stereocenters.